The number of nitrogens with zero attached hydrogens (tertiary/aromatic N) is 3. The highest BCUT2D eigenvalue weighted by molar-refractivity contribution is 5.94. The van der Waals surface area contributed by atoms with E-state index in [1.165, 1.54) is 0 Å². The SMILES string of the molecule is NC(=NC1CC1)c1ncccn1. The number of rotatable bonds is 2. The van der Waals surface area contributed by atoms with Gasteiger partial charge in [-0.3, -0.25) is 4.99 Å². The summed E-state index contributed by atoms with van der Waals surface area (Å²) < 4.78 is 0. The average molecular weight is 162 g/mol. The van der Waals surface area contributed by atoms with Crippen molar-refractivity contribution in [1.82, 2.24) is 9.97 Å². The van der Waals surface area contributed by atoms with Crippen LogP contribution < -0.4 is 5.73 Å². The van der Waals surface area contributed by atoms with Gasteiger partial charge in [0.05, 0.1) is 6.04 Å². The predicted octanol–water partition coefficient (Wildman–Crippen LogP) is 0.344. The second-order valence-corrected chi connectivity index (χ2v) is 2.82. The van der Waals surface area contributed by atoms with Crippen molar-refractivity contribution in [3.05, 3.63) is 24.3 Å². The Bertz CT molecular complexity index is 289. The summed E-state index contributed by atoms with van der Waals surface area (Å²) in [6.07, 6.45) is 5.62. The summed E-state index contributed by atoms with van der Waals surface area (Å²) in [6.45, 7) is 0. The minimum absolute atomic E-state index is 0.425. The van der Waals surface area contributed by atoms with Gasteiger partial charge >= 0.3 is 0 Å². The van der Waals surface area contributed by atoms with E-state index in [9.17, 15) is 0 Å². The molecule has 2 rings (SSSR count). The molecule has 0 bridgehead atoms. The monoisotopic (exact) mass is 162 g/mol. The highest BCUT2D eigenvalue weighted by atomic mass is 15.0. The molecule has 1 aromatic heterocycles. The fourth-order valence-electron chi connectivity index (χ4n) is 0.889. The van der Waals surface area contributed by atoms with Crippen molar-refractivity contribution < 1.29 is 0 Å². The lowest BCUT2D eigenvalue weighted by atomic mass is 10.5. The summed E-state index contributed by atoms with van der Waals surface area (Å²) in [7, 11) is 0. The molecule has 0 spiro atoms. The first kappa shape index (κ1) is 7.21. The van der Waals surface area contributed by atoms with Gasteiger partial charge in [0.2, 0.25) is 0 Å². The average Bonchev–Trinajstić information content (AvgIpc) is 2.90. The van der Waals surface area contributed by atoms with Crippen LogP contribution in [0.25, 0.3) is 0 Å². The van der Waals surface area contributed by atoms with Crippen LogP contribution in [0, 0.1) is 0 Å². The van der Waals surface area contributed by atoms with Gasteiger partial charge in [0.25, 0.3) is 0 Å². The Balaban J connectivity index is 2.18. The molecule has 1 heterocycles. The fourth-order valence-corrected chi connectivity index (χ4v) is 0.889. The predicted molar refractivity (Wildman–Crippen MR) is 45.8 cm³/mol. The summed E-state index contributed by atoms with van der Waals surface area (Å²) in [4.78, 5) is 12.2. The molecule has 0 unspecified atom stereocenters. The van der Waals surface area contributed by atoms with E-state index < -0.39 is 0 Å². The van der Waals surface area contributed by atoms with Gasteiger partial charge in [0.15, 0.2) is 11.7 Å². The van der Waals surface area contributed by atoms with Gasteiger partial charge in [-0.1, -0.05) is 0 Å². The first-order valence-electron chi connectivity index (χ1n) is 3.97. The lowest BCUT2D eigenvalue weighted by Crippen LogP contribution is -2.17. The highest BCUT2D eigenvalue weighted by Gasteiger charge is 2.21. The van der Waals surface area contributed by atoms with Crippen LogP contribution >= 0.6 is 0 Å². The van der Waals surface area contributed by atoms with Gasteiger partial charge in [-0.2, -0.15) is 0 Å². The van der Waals surface area contributed by atoms with Crippen molar-refractivity contribution in [2.24, 2.45) is 10.7 Å². The molecular formula is C8H10N4. The van der Waals surface area contributed by atoms with E-state index in [0.29, 0.717) is 17.7 Å². The number of amidine groups is 1. The van der Waals surface area contributed by atoms with Crippen LogP contribution in [0.3, 0.4) is 0 Å². The van der Waals surface area contributed by atoms with Crippen molar-refractivity contribution in [3.63, 3.8) is 0 Å². The molecule has 0 atom stereocenters. The zero-order valence-electron chi connectivity index (χ0n) is 6.64. The second-order valence-electron chi connectivity index (χ2n) is 2.82. The third kappa shape index (κ3) is 1.58. The van der Waals surface area contributed by atoms with Gasteiger partial charge < -0.3 is 5.73 Å². The Morgan fingerprint density at radius 3 is 2.67 bits per heavy atom. The van der Waals surface area contributed by atoms with E-state index in [1.54, 1.807) is 18.5 Å². The Hall–Kier alpha value is -1.45. The molecule has 4 nitrogen and oxygen atoms in total. The Morgan fingerprint density at radius 1 is 1.42 bits per heavy atom. The van der Waals surface area contributed by atoms with Crippen molar-refractivity contribution in [3.8, 4) is 0 Å². The number of nitrogens with two attached hydrogens (primary N) is 1. The van der Waals surface area contributed by atoms with E-state index in [2.05, 4.69) is 15.0 Å². The molecular weight excluding hydrogens is 152 g/mol. The van der Waals surface area contributed by atoms with E-state index in [0.717, 1.165) is 12.8 Å². The molecule has 0 radical (unpaired) electrons. The summed E-state index contributed by atoms with van der Waals surface area (Å²) in [5, 5.41) is 0. The van der Waals surface area contributed by atoms with Crippen LogP contribution in [-0.4, -0.2) is 21.8 Å². The molecule has 1 aliphatic rings. The number of aliphatic imine (C=N–C) groups is 1. The highest BCUT2D eigenvalue weighted by Crippen LogP contribution is 2.23. The lowest BCUT2D eigenvalue weighted by molar-refractivity contribution is 1.03. The molecule has 1 saturated carbocycles. The topological polar surface area (TPSA) is 64.2 Å². The molecule has 0 amide bonds. The van der Waals surface area contributed by atoms with Gasteiger partial charge in [0, 0.05) is 12.4 Å². The summed E-state index contributed by atoms with van der Waals surface area (Å²) in [6, 6.07) is 2.18. The maximum atomic E-state index is 5.66. The van der Waals surface area contributed by atoms with Crippen molar-refractivity contribution in [1.29, 1.82) is 0 Å². The number of hydrogen-bond acceptors (Lipinski definition) is 3. The molecule has 12 heavy (non-hydrogen) atoms. The minimum Gasteiger partial charge on any atom is -0.381 e. The van der Waals surface area contributed by atoms with Crippen LogP contribution in [-0.2, 0) is 0 Å². The summed E-state index contributed by atoms with van der Waals surface area (Å²) in [5.74, 6) is 0.988. The van der Waals surface area contributed by atoms with Crippen LogP contribution in [0.5, 0.6) is 0 Å². The summed E-state index contributed by atoms with van der Waals surface area (Å²) >= 11 is 0. The van der Waals surface area contributed by atoms with Crippen LogP contribution in [0.15, 0.2) is 23.5 Å². The molecule has 0 saturated heterocycles. The van der Waals surface area contributed by atoms with Crippen LogP contribution in [0.2, 0.25) is 0 Å². The van der Waals surface area contributed by atoms with Gasteiger partial charge in [-0.15, -0.1) is 0 Å². The zero-order chi connectivity index (χ0) is 8.39. The van der Waals surface area contributed by atoms with Crippen LogP contribution in [0.1, 0.15) is 18.7 Å². The van der Waals surface area contributed by atoms with Crippen LogP contribution in [0.4, 0.5) is 0 Å². The maximum absolute atomic E-state index is 5.66. The van der Waals surface area contributed by atoms with Gasteiger partial charge in [-0.25, -0.2) is 9.97 Å². The Labute approximate surface area is 70.6 Å². The molecule has 1 aliphatic carbocycles. The Kier molecular flexibility index (Phi) is 1.74. The maximum Gasteiger partial charge on any atom is 0.194 e. The summed E-state index contributed by atoms with van der Waals surface area (Å²) in [5.41, 5.74) is 5.66. The number of aromatic nitrogens is 2. The van der Waals surface area contributed by atoms with E-state index in [1.807, 2.05) is 0 Å². The van der Waals surface area contributed by atoms with E-state index >= 15 is 0 Å². The van der Waals surface area contributed by atoms with Gasteiger partial charge in [0.1, 0.15) is 0 Å². The standard InChI is InChI=1S/C8H10N4/c9-7(12-6-2-3-6)8-10-4-1-5-11-8/h1,4-6H,2-3H2,(H2,9,12). The van der Waals surface area contributed by atoms with Gasteiger partial charge in [-0.05, 0) is 18.9 Å². The molecule has 0 aromatic carbocycles. The quantitative estimate of drug-likeness (QED) is 0.504. The zero-order valence-corrected chi connectivity index (χ0v) is 6.64. The second kappa shape index (κ2) is 2.89. The first-order valence-corrected chi connectivity index (χ1v) is 3.97. The third-order valence-corrected chi connectivity index (χ3v) is 1.66. The lowest BCUT2D eigenvalue weighted by Gasteiger charge is -1.96. The molecule has 62 valence electrons. The van der Waals surface area contributed by atoms with E-state index in [-0.39, 0.29) is 0 Å². The van der Waals surface area contributed by atoms with Crippen molar-refractivity contribution in [2.45, 2.75) is 18.9 Å². The molecule has 2 N–H and O–H groups in total. The Morgan fingerprint density at radius 2 is 2.08 bits per heavy atom. The smallest absolute Gasteiger partial charge is 0.194 e. The largest absolute Gasteiger partial charge is 0.381 e. The fraction of sp³-hybridized carbons (Fsp3) is 0.375. The molecule has 0 aliphatic heterocycles. The first-order chi connectivity index (χ1) is 5.86. The molecule has 1 aromatic rings. The van der Waals surface area contributed by atoms with Crippen molar-refractivity contribution >= 4 is 5.84 Å². The minimum atomic E-state index is 0.425. The third-order valence-electron chi connectivity index (χ3n) is 1.66. The normalized spacial score (nSPS) is 17.8. The molecule has 1 fully saturated rings. The number of hydrogen-bond donors (Lipinski definition) is 1. The molecule has 4 heteroatoms. The van der Waals surface area contributed by atoms with Crippen molar-refractivity contribution in [2.75, 3.05) is 0 Å². The van der Waals surface area contributed by atoms with E-state index in [4.69, 9.17) is 5.73 Å².